The molecule has 2 saturated heterocycles. The normalized spacial score (nSPS) is 35.4. The number of esters is 1. The van der Waals surface area contributed by atoms with Crippen LogP contribution < -0.4 is 0 Å². The third kappa shape index (κ3) is 2.56. The van der Waals surface area contributed by atoms with Crippen molar-refractivity contribution < 1.29 is 22.7 Å². The van der Waals surface area contributed by atoms with Gasteiger partial charge in [0.2, 0.25) is 0 Å². The molecule has 0 aliphatic carbocycles. The zero-order chi connectivity index (χ0) is 16.0. The lowest BCUT2D eigenvalue weighted by Gasteiger charge is -2.29. The summed E-state index contributed by atoms with van der Waals surface area (Å²) in [7, 11) is -1.43. The first kappa shape index (κ1) is 15.6. The summed E-state index contributed by atoms with van der Waals surface area (Å²) < 4.78 is 35.5. The molecule has 4 atom stereocenters. The summed E-state index contributed by atoms with van der Waals surface area (Å²) in [6.45, 7) is 2.04. The molecule has 2 fully saturated rings. The lowest BCUT2D eigenvalue weighted by molar-refractivity contribution is -0.152. The first-order chi connectivity index (χ1) is 10.3. The summed E-state index contributed by atoms with van der Waals surface area (Å²) in [6, 6.07) is 9.02. The van der Waals surface area contributed by atoms with Gasteiger partial charge in [0.15, 0.2) is 9.84 Å². The van der Waals surface area contributed by atoms with E-state index in [0.29, 0.717) is 0 Å². The highest BCUT2D eigenvalue weighted by molar-refractivity contribution is 7.92. The number of carbonyl (C=O) groups is 1. The largest absolute Gasteiger partial charge is 0.461 e. The Bertz CT molecular complexity index is 674. The van der Waals surface area contributed by atoms with Crippen molar-refractivity contribution in [3.05, 3.63) is 35.9 Å². The van der Waals surface area contributed by atoms with E-state index in [1.807, 2.05) is 37.3 Å². The zero-order valence-electron chi connectivity index (χ0n) is 12.7. The van der Waals surface area contributed by atoms with Crippen LogP contribution in [0.15, 0.2) is 30.3 Å². The van der Waals surface area contributed by atoms with E-state index in [2.05, 4.69) is 0 Å². The maximum absolute atomic E-state index is 12.2. The van der Waals surface area contributed by atoms with E-state index in [-0.39, 0.29) is 30.7 Å². The lowest BCUT2D eigenvalue weighted by atomic mass is 9.84. The van der Waals surface area contributed by atoms with Crippen LogP contribution in [0.5, 0.6) is 0 Å². The van der Waals surface area contributed by atoms with Gasteiger partial charge in [0.05, 0.1) is 23.0 Å². The molecule has 1 aromatic rings. The Kier molecular flexibility index (Phi) is 3.81. The molecule has 2 bridgehead atoms. The van der Waals surface area contributed by atoms with Crippen LogP contribution in [-0.4, -0.2) is 44.8 Å². The van der Waals surface area contributed by atoms with E-state index in [0.717, 1.165) is 5.56 Å². The molecule has 0 aromatic heterocycles. The number of sulfone groups is 1. The molecule has 2 aliphatic heterocycles. The van der Waals surface area contributed by atoms with Crippen molar-refractivity contribution in [3.63, 3.8) is 0 Å². The van der Waals surface area contributed by atoms with Gasteiger partial charge in [-0.25, -0.2) is 8.42 Å². The van der Waals surface area contributed by atoms with Crippen LogP contribution in [-0.2, 0) is 30.7 Å². The number of rotatable bonds is 4. The zero-order valence-corrected chi connectivity index (χ0v) is 13.5. The molecule has 5 nitrogen and oxygen atoms in total. The Morgan fingerprint density at radius 3 is 2.68 bits per heavy atom. The molecule has 1 unspecified atom stereocenters. The minimum absolute atomic E-state index is 0.0128. The third-order valence-electron chi connectivity index (χ3n) is 4.75. The number of fused-ring (bicyclic) bond motifs is 2. The van der Waals surface area contributed by atoms with Gasteiger partial charge < -0.3 is 9.47 Å². The molecule has 2 aliphatic rings. The fourth-order valence-electron chi connectivity index (χ4n) is 3.74. The van der Waals surface area contributed by atoms with Crippen molar-refractivity contribution in [2.24, 2.45) is 5.92 Å². The SMILES string of the molecule is B[C@@H]1O[C@]2(CC(=O)OCc3ccccc3)CS(=O)(=O)[C@@H]1C2C. The minimum atomic E-state index is -3.19. The summed E-state index contributed by atoms with van der Waals surface area (Å²) in [5.74, 6) is -0.686. The quantitative estimate of drug-likeness (QED) is 0.588. The number of ether oxygens (including phenoxy) is 2. The highest BCUT2D eigenvalue weighted by atomic mass is 32.2. The van der Waals surface area contributed by atoms with Gasteiger partial charge >= 0.3 is 5.97 Å². The van der Waals surface area contributed by atoms with Gasteiger partial charge in [-0.2, -0.15) is 0 Å². The van der Waals surface area contributed by atoms with Crippen LogP contribution in [0.4, 0.5) is 0 Å². The molecule has 0 saturated carbocycles. The van der Waals surface area contributed by atoms with E-state index in [9.17, 15) is 13.2 Å². The average Bonchev–Trinajstić information content (AvgIpc) is 2.78. The fraction of sp³-hybridized carbons (Fsp3) is 0.533. The van der Waals surface area contributed by atoms with E-state index < -0.39 is 26.7 Å². The topological polar surface area (TPSA) is 69.7 Å². The molecule has 0 radical (unpaired) electrons. The summed E-state index contributed by atoms with van der Waals surface area (Å²) in [6.07, 6.45) is -0.0128. The number of carbonyl (C=O) groups excluding carboxylic acids is 1. The maximum atomic E-state index is 12.2. The van der Waals surface area contributed by atoms with Crippen LogP contribution in [0.25, 0.3) is 0 Å². The van der Waals surface area contributed by atoms with Gasteiger partial charge in [-0.3, -0.25) is 4.79 Å². The molecular weight excluding hydrogens is 303 g/mol. The molecule has 1 aromatic carbocycles. The van der Waals surface area contributed by atoms with Crippen LogP contribution in [0.1, 0.15) is 18.9 Å². The standard InChI is InChI=1S/C15H19BO5S/c1-10-13-14(16)21-15(10,9-22(13,18)19)7-12(17)20-8-11-5-3-2-4-6-11/h2-6,10,13-14H,7-9,16H2,1H3/t10?,13-,14-,15-/m1/s1. The Morgan fingerprint density at radius 2 is 2.09 bits per heavy atom. The Morgan fingerprint density at radius 1 is 1.41 bits per heavy atom. The fourth-order valence-corrected chi connectivity index (χ4v) is 6.56. The van der Waals surface area contributed by atoms with Gasteiger partial charge in [-0.05, 0) is 5.56 Å². The number of hydrogen-bond acceptors (Lipinski definition) is 5. The van der Waals surface area contributed by atoms with Gasteiger partial charge in [0.1, 0.15) is 14.5 Å². The molecule has 22 heavy (non-hydrogen) atoms. The highest BCUT2D eigenvalue weighted by Crippen LogP contribution is 2.49. The van der Waals surface area contributed by atoms with Gasteiger partial charge in [0.25, 0.3) is 0 Å². The highest BCUT2D eigenvalue weighted by Gasteiger charge is 2.64. The maximum Gasteiger partial charge on any atom is 0.309 e. The molecule has 7 heteroatoms. The number of benzene rings is 1. The summed E-state index contributed by atoms with van der Waals surface area (Å²) in [5, 5.41) is -0.505. The molecule has 2 heterocycles. The monoisotopic (exact) mass is 322 g/mol. The van der Waals surface area contributed by atoms with Gasteiger partial charge in [-0.15, -0.1) is 0 Å². The Labute approximate surface area is 131 Å². The predicted octanol–water partition coefficient (Wildman–Crippen LogP) is 0.281. The van der Waals surface area contributed by atoms with Crippen molar-refractivity contribution in [1.82, 2.24) is 0 Å². The van der Waals surface area contributed by atoms with Crippen molar-refractivity contribution in [1.29, 1.82) is 0 Å². The first-order valence-electron chi connectivity index (χ1n) is 7.43. The molecule has 0 spiro atoms. The lowest BCUT2D eigenvalue weighted by Crippen LogP contribution is -2.43. The summed E-state index contributed by atoms with van der Waals surface area (Å²) in [4.78, 5) is 12.1. The smallest absolute Gasteiger partial charge is 0.309 e. The van der Waals surface area contributed by atoms with Crippen molar-refractivity contribution in [2.75, 3.05) is 5.75 Å². The average molecular weight is 322 g/mol. The first-order valence-corrected chi connectivity index (χ1v) is 9.14. The molecule has 0 N–H and O–H groups in total. The van der Waals surface area contributed by atoms with Crippen LogP contribution in [0, 0.1) is 5.92 Å². The van der Waals surface area contributed by atoms with Crippen LogP contribution in [0.3, 0.4) is 0 Å². The second kappa shape index (κ2) is 5.39. The molecule has 118 valence electrons. The summed E-state index contributed by atoms with van der Waals surface area (Å²) in [5.41, 5.74) is -0.0181. The third-order valence-corrected chi connectivity index (χ3v) is 7.26. The number of hydrogen-bond donors (Lipinski definition) is 0. The van der Waals surface area contributed by atoms with Gasteiger partial charge in [-0.1, -0.05) is 37.3 Å². The molecule has 0 amide bonds. The molecule has 3 rings (SSSR count). The molecular formula is C15H19BO5S. The van der Waals surface area contributed by atoms with Crippen molar-refractivity contribution in [2.45, 2.75) is 36.8 Å². The second-order valence-electron chi connectivity index (χ2n) is 6.27. The van der Waals surface area contributed by atoms with E-state index in [1.54, 1.807) is 7.85 Å². The second-order valence-corrected chi connectivity index (χ2v) is 8.43. The van der Waals surface area contributed by atoms with Crippen LogP contribution in [0.2, 0.25) is 0 Å². The van der Waals surface area contributed by atoms with Crippen molar-refractivity contribution in [3.8, 4) is 0 Å². The summed E-state index contributed by atoms with van der Waals surface area (Å²) >= 11 is 0. The van der Waals surface area contributed by atoms with Crippen LogP contribution >= 0.6 is 0 Å². The van der Waals surface area contributed by atoms with E-state index in [1.165, 1.54) is 0 Å². The minimum Gasteiger partial charge on any atom is -0.461 e. The Hall–Kier alpha value is -1.34. The van der Waals surface area contributed by atoms with E-state index in [4.69, 9.17) is 9.47 Å². The van der Waals surface area contributed by atoms with Gasteiger partial charge in [0, 0.05) is 11.9 Å². The Balaban J connectivity index is 1.67. The predicted molar refractivity (Wildman–Crippen MR) is 83.7 cm³/mol. The van der Waals surface area contributed by atoms with Crippen molar-refractivity contribution >= 4 is 23.7 Å². The van der Waals surface area contributed by atoms with E-state index >= 15 is 0 Å².